The van der Waals surface area contributed by atoms with Crippen LogP contribution < -0.4 is 5.73 Å². The van der Waals surface area contributed by atoms with Gasteiger partial charge in [-0.05, 0) is 22.4 Å². The summed E-state index contributed by atoms with van der Waals surface area (Å²) in [7, 11) is -1.71. The van der Waals surface area contributed by atoms with Crippen LogP contribution in [0.4, 0.5) is 0 Å². The summed E-state index contributed by atoms with van der Waals surface area (Å²) in [5, 5.41) is 2.18. The van der Waals surface area contributed by atoms with E-state index in [1.54, 1.807) is 0 Å². The van der Waals surface area contributed by atoms with Gasteiger partial charge in [0, 0.05) is 13.2 Å². The summed E-state index contributed by atoms with van der Waals surface area (Å²) < 4.78 is 28.6. The van der Waals surface area contributed by atoms with E-state index < -0.39 is 15.9 Å². The van der Waals surface area contributed by atoms with E-state index in [0.29, 0.717) is 0 Å². The molecule has 0 spiro atoms. The Hall–Kier alpha value is -1.43. The summed E-state index contributed by atoms with van der Waals surface area (Å²) in [5.74, 6) is -0.0561. The molecule has 108 valence electrons. The lowest BCUT2D eigenvalue weighted by Crippen LogP contribution is -2.25. The Morgan fingerprint density at radius 1 is 1.15 bits per heavy atom. The molecule has 0 aliphatic rings. The van der Waals surface area contributed by atoms with E-state index in [1.165, 1.54) is 7.11 Å². The lowest BCUT2D eigenvalue weighted by atomic mass is 10.0. The van der Waals surface area contributed by atoms with Gasteiger partial charge in [-0.3, -0.25) is 0 Å². The maximum Gasteiger partial charge on any atom is 0.154 e. The third-order valence-corrected chi connectivity index (χ3v) is 4.89. The highest BCUT2D eigenvalue weighted by molar-refractivity contribution is 7.91. The molecule has 0 aliphatic heterocycles. The molecule has 20 heavy (non-hydrogen) atoms. The molecule has 0 saturated carbocycles. The van der Waals surface area contributed by atoms with Crippen molar-refractivity contribution in [1.82, 2.24) is 0 Å². The number of methoxy groups -OCH3 is 1. The van der Waals surface area contributed by atoms with Gasteiger partial charge in [-0.1, -0.05) is 36.4 Å². The summed E-state index contributed by atoms with van der Waals surface area (Å²) in [6.45, 7) is 0.201. The molecule has 0 aliphatic carbocycles. The molecule has 0 radical (unpaired) electrons. The van der Waals surface area contributed by atoms with Crippen LogP contribution in [-0.4, -0.2) is 33.6 Å². The summed E-state index contributed by atoms with van der Waals surface area (Å²) in [4.78, 5) is 0. The largest absolute Gasteiger partial charge is 0.384 e. The number of sulfone groups is 1. The molecular weight excluding hydrogens is 274 g/mol. The lowest BCUT2D eigenvalue weighted by molar-refractivity contribution is 0.217. The van der Waals surface area contributed by atoms with Gasteiger partial charge in [-0.25, -0.2) is 8.42 Å². The van der Waals surface area contributed by atoms with Crippen LogP contribution in [0, 0.1) is 0 Å². The molecular formula is C15H19NO3S. The van der Waals surface area contributed by atoms with E-state index in [4.69, 9.17) is 10.5 Å². The molecule has 0 aromatic heterocycles. The first kappa shape index (κ1) is 15.0. The van der Waals surface area contributed by atoms with Crippen molar-refractivity contribution in [3.05, 3.63) is 48.0 Å². The first-order chi connectivity index (χ1) is 9.52. The van der Waals surface area contributed by atoms with Crippen LogP contribution in [0.3, 0.4) is 0 Å². The van der Waals surface area contributed by atoms with E-state index in [0.717, 1.165) is 16.3 Å². The van der Waals surface area contributed by atoms with Crippen molar-refractivity contribution < 1.29 is 13.2 Å². The van der Waals surface area contributed by atoms with Crippen LogP contribution in [0.25, 0.3) is 10.8 Å². The minimum absolute atomic E-state index is 0.00474. The highest BCUT2D eigenvalue weighted by Gasteiger charge is 2.17. The van der Waals surface area contributed by atoms with E-state index in [-0.39, 0.29) is 18.1 Å². The Bertz CT molecular complexity index is 682. The van der Waals surface area contributed by atoms with E-state index in [2.05, 4.69) is 0 Å². The Morgan fingerprint density at radius 2 is 1.85 bits per heavy atom. The molecule has 2 N–H and O–H groups in total. The predicted molar refractivity (Wildman–Crippen MR) is 81.4 cm³/mol. The van der Waals surface area contributed by atoms with Crippen molar-refractivity contribution in [2.45, 2.75) is 6.04 Å². The maximum atomic E-state index is 11.9. The van der Waals surface area contributed by atoms with Gasteiger partial charge in [0.15, 0.2) is 9.84 Å². The number of hydrogen-bond donors (Lipinski definition) is 1. The second-order valence-electron chi connectivity index (χ2n) is 4.82. The molecule has 2 rings (SSSR count). The standard InChI is InChI=1S/C15H19NO3S/c1-19-8-9-20(17,18)11-15(16)14-7-6-12-4-2-3-5-13(12)10-14/h2-7,10,15H,8-9,11,16H2,1H3. The first-order valence-electron chi connectivity index (χ1n) is 6.45. The average molecular weight is 293 g/mol. The topological polar surface area (TPSA) is 69.4 Å². The molecule has 0 amide bonds. The fraction of sp³-hybridized carbons (Fsp3) is 0.333. The lowest BCUT2D eigenvalue weighted by Gasteiger charge is -2.13. The zero-order valence-electron chi connectivity index (χ0n) is 11.5. The predicted octanol–water partition coefficient (Wildman–Crippen LogP) is 1.90. The number of fused-ring (bicyclic) bond motifs is 1. The van der Waals surface area contributed by atoms with Gasteiger partial charge < -0.3 is 10.5 Å². The van der Waals surface area contributed by atoms with Crippen LogP contribution in [-0.2, 0) is 14.6 Å². The smallest absolute Gasteiger partial charge is 0.154 e. The fourth-order valence-corrected chi connectivity index (χ4v) is 3.43. The number of hydrogen-bond acceptors (Lipinski definition) is 4. The Kier molecular flexibility index (Phi) is 4.75. The van der Waals surface area contributed by atoms with Crippen molar-refractivity contribution in [2.24, 2.45) is 5.73 Å². The van der Waals surface area contributed by atoms with Gasteiger partial charge in [0.2, 0.25) is 0 Å². The Morgan fingerprint density at radius 3 is 2.55 bits per heavy atom. The van der Waals surface area contributed by atoms with Gasteiger partial charge >= 0.3 is 0 Å². The normalized spacial score (nSPS) is 13.5. The Labute approximate surface area is 119 Å². The molecule has 2 aromatic carbocycles. The summed E-state index contributed by atoms with van der Waals surface area (Å²) in [6, 6.07) is 13.2. The zero-order valence-corrected chi connectivity index (χ0v) is 12.3. The van der Waals surface area contributed by atoms with Crippen LogP contribution >= 0.6 is 0 Å². The molecule has 0 heterocycles. The Balaban J connectivity index is 2.16. The van der Waals surface area contributed by atoms with Gasteiger partial charge in [-0.2, -0.15) is 0 Å². The monoisotopic (exact) mass is 293 g/mol. The van der Waals surface area contributed by atoms with Crippen molar-refractivity contribution >= 4 is 20.6 Å². The van der Waals surface area contributed by atoms with Gasteiger partial charge in [0.25, 0.3) is 0 Å². The van der Waals surface area contributed by atoms with Crippen LogP contribution in [0.2, 0.25) is 0 Å². The molecule has 0 saturated heterocycles. The molecule has 1 atom stereocenters. The number of benzene rings is 2. The quantitative estimate of drug-likeness (QED) is 0.883. The third kappa shape index (κ3) is 3.79. The van der Waals surface area contributed by atoms with Crippen molar-refractivity contribution in [1.29, 1.82) is 0 Å². The molecule has 2 aromatic rings. The number of rotatable bonds is 6. The van der Waals surface area contributed by atoms with Crippen molar-refractivity contribution in [2.75, 3.05) is 25.2 Å². The highest BCUT2D eigenvalue weighted by atomic mass is 32.2. The van der Waals surface area contributed by atoms with Gasteiger partial charge in [0.1, 0.15) is 0 Å². The summed E-state index contributed by atoms with van der Waals surface area (Å²) in [5.41, 5.74) is 6.86. The summed E-state index contributed by atoms with van der Waals surface area (Å²) >= 11 is 0. The van der Waals surface area contributed by atoms with E-state index in [9.17, 15) is 8.42 Å². The number of ether oxygens (including phenoxy) is 1. The highest BCUT2D eigenvalue weighted by Crippen LogP contribution is 2.20. The van der Waals surface area contributed by atoms with Crippen molar-refractivity contribution in [3.8, 4) is 0 Å². The first-order valence-corrected chi connectivity index (χ1v) is 8.27. The SMILES string of the molecule is COCCS(=O)(=O)CC(N)c1ccc2ccccc2c1. The molecule has 5 heteroatoms. The second kappa shape index (κ2) is 6.35. The minimum Gasteiger partial charge on any atom is -0.384 e. The van der Waals surface area contributed by atoms with Crippen molar-refractivity contribution in [3.63, 3.8) is 0 Å². The zero-order chi connectivity index (χ0) is 14.6. The molecule has 4 nitrogen and oxygen atoms in total. The summed E-state index contributed by atoms with van der Waals surface area (Å²) in [6.07, 6.45) is 0. The van der Waals surface area contributed by atoms with Crippen LogP contribution in [0.15, 0.2) is 42.5 Å². The van der Waals surface area contributed by atoms with Gasteiger partial charge in [-0.15, -0.1) is 0 Å². The van der Waals surface area contributed by atoms with Gasteiger partial charge in [0.05, 0.1) is 18.1 Å². The number of nitrogens with two attached hydrogens (primary N) is 1. The minimum atomic E-state index is -3.19. The fourth-order valence-electron chi connectivity index (χ4n) is 2.10. The van der Waals surface area contributed by atoms with Crippen LogP contribution in [0.1, 0.15) is 11.6 Å². The second-order valence-corrected chi connectivity index (χ2v) is 7.05. The van der Waals surface area contributed by atoms with E-state index in [1.807, 2.05) is 42.5 Å². The third-order valence-electron chi connectivity index (χ3n) is 3.23. The van der Waals surface area contributed by atoms with Crippen LogP contribution in [0.5, 0.6) is 0 Å². The molecule has 0 fully saturated rings. The molecule has 1 unspecified atom stereocenters. The van der Waals surface area contributed by atoms with E-state index >= 15 is 0 Å². The average Bonchev–Trinajstić information content (AvgIpc) is 2.44. The molecule has 0 bridgehead atoms. The maximum absolute atomic E-state index is 11.9.